The van der Waals surface area contributed by atoms with Crippen molar-refractivity contribution >= 4 is 59.6 Å². The van der Waals surface area contributed by atoms with E-state index in [1.807, 2.05) is 0 Å². The molecule has 0 aliphatic carbocycles. The average Bonchev–Trinajstić information content (AvgIpc) is 2.98. The van der Waals surface area contributed by atoms with E-state index < -0.39 is 46.5 Å². The van der Waals surface area contributed by atoms with Crippen LogP contribution in [0.2, 0.25) is 0 Å². The Bertz CT molecular complexity index is 1450. The summed E-state index contributed by atoms with van der Waals surface area (Å²) in [6.45, 7) is 30.5. The molecule has 0 N–H and O–H groups in total. The molecule has 0 unspecified atom stereocenters. The summed E-state index contributed by atoms with van der Waals surface area (Å²) in [5, 5.41) is 0. The van der Waals surface area contributed by atoms with Crippen LogP contribution in [0.1, 0.15) is 91.5 Å². The zero-order chi connectivity index (χ0) is 34.7. The van der Waals surface area contributed by atoms with Gasteiger partial charge in [-0.15, -0.1) is 0 Å². The number of nitrogens with zero attached hydrogens (tertiary/aromatic N) is 2. The van der Waals surface area contributed by atoms with Gasteiger partial charge in [-0.1, -0.05) is 0 Å². The molecule has 2 heterocycles. The van der Waals surface area contributed by atoms with E-state index in [2.05, 4.69) is 176 Å². The van der Waals surface area contributed by atoms with Crippen LogP contribution in [-0.2, 0) is 26.2 Å². The molecular weight excluding hydrogens is 974 g/mol. The van der Waals surface area contributed by atoms with Crippen molar-refractivity contribution in [3.8, 4) is 0 Å². The maximum atomic E-state index is 2.67. The van der Waals surface area contributed by atoms with Gasteiger partial charge in [-0.3, -0.25) is 0 Å². The summed E-state index contributed by atoms with van der Waals surface area (Å²) >= 11 is -1.60. The third-order valence-electron chi connectivity index (χ3n) is 11.3. The van der Waals surface area contributed by atoms with Gasteiger partial charge in [-0.25, -0.2) is 0 Å². The molecule has 0 saturated heterocycles. The molecular formula is C44H58Bi2N2. The number of benzene rings is 4. The molecule has 0 atom stereocenters. The Morgan fingerprint density at radius 1 is 0.396 bits per heavy atom. The molecule has 0 bridgehead atoms. The Hall–Kier alpha value is -1.43. The molecule has 4 aromatic rings. The molecule has 0 fully saturated rings. The first-order valence-electron chi connectivity index (χ1n) is 17.7. The molecule has 0 saturated carbocycles. The van der Waals surface area contributed by atoms with Gasteiger partial charge >= 0.3 is 319 Å². The topological polar surface area (TPSA) is 6.48 Å². The van der Waals surface area contributed by atoms with Crippen molar-refractivity contribution in [1.82, 2.24) is 9.80 Å². The van der Waals surface area contributed by atoms with Crippen LogP contribution in [0.5, 0.6) is 0 Å². The minimum atomic E-state index is -0.799. The number of hydrogen-bond donors (Lipinski definition) is 0. The van der Waals surface area contributed by atoms with Gasteiger partial charge in [0.2, 0.25) is 0 Å². The van der Waals surface area contributed by atoms with E-state index in [-0.39, 0.29) is 10.8 Å². The summed E-state index contributed by atoms with van der Waals surface area (Å²) in [7, 11) is 0. The molecule has 6 rings (SSSR count). The fourth-order valence-corrected chi connectivity index (χ4v) is 15.2. The van der Waals surface area contributed by atoms with Gasteiger partial charge < -0.3 is 0 Å². The van der Waals surface area contributed by atoms with Gasteiger partial charge in [0.05, 0.1) is 0 Å². The Balaban J connectivity index is 0.000000188. The van der Waals surface area contributed by atoms with Gasteiger partial charge in [-0.05, 0) is 0 Å². The molecule has 2 aliphatic heterocycles. The molecule has 4 aromatic carbocycles. The van der Waals surface area contributed by atoms with Crippen LogP contribution >= 0.6 is 0 Å². The van der Waals surface area contributed by atoms with Gasteiger partial charge in [0.25, 0.3) is 0 Å². The van der Waals surface area contributed by atoms with Crippen molar-refractivity contribution in [3.63, 3.8) is 0 Å². The Kier molecular flexibility index (Phi) is 12.2. The summed E-state index contributed by atoms with van der Waals surface area (Å²) in [6, 6.07) is 36.6. The molecule has 2 aliphatic rings. The molecule has 0 amide bonds. The number of fused-ring (bicyclic) bond motifs is 4. The van der Waals surface area contributed by atoms with E-state index in [0.717, 1.165) is 39.3 Å². The Morgan fingerprint density at radius 3 is 0.854 bits per heavy atom. The molecule has 48 heavy (non-hydrogen) atoms. The van der Waals surface area contributed by atoms with E-state index in [1.54, 1.807) is 35.3 Å². The first-order chi connectivity index (χ1) is 22.5. The van der Waals surface area contributed by atoms with Crippen molar-refractivity contribution < 1.29 is 0 Å². The fraction of sp³-hybridized carbons (Fsp3) is 0.455. The van der Waals surface area contributed by atoms with E-state index >= 15 is 0 Å². The van der Waals surface area contributed by atoms with Crippen molar-refractivity contribution in [2.24, 2.45) is 21.7 Å². The second kappa shape index (κ2) is 15.4. The first-order valence-corrected chi connectivity index (χ1v) is 24.7. The van der Waals surface area contributed by atoms with Crippen LogP contribution in [0.3, 0.4) is 0 Å². The quantitative estimate of drug-likeness (QED) is 0.196. The Labute approximate surface area is 316 Å². The van der Waals surface area contributed by atoms with Crippen molar-refractivity contribution in [1.29, 1.82) is 0 Å². The molecule has 0 spiro atoms. The predicted molar refractivity (Wildman–Crippen MR) is 211 cm³/mol. The fourth-order valence-electron chi connectivity index (χ4n) is 6.17. The van der Waals surface area contributed by atoms with E-state index in [0.29, 0.717) is 10.8 Å². The zero-order valence-electron chi connectivity index (χ0n) is 31.3. The second-order valence-corrected chi connectivity index (χ2v) is 26.5. The van der Waals surface area contributed by atoms with Crippen LogP contribution in [0.15, 0.2) is 97.1 Å². The summed E-state index contributed by atoms with van der Waals surface area (Å²) in [6.07, 6.45) is 0. The van der Waals surface area contributed by atoms with Crippen LogP contribution < -0.4 is 13.1 Å². The molecule has 4 heteroatoms. The Morgan fingerprint density at radius 2 is 0.625 bits per heavy atom. The van der Waals surface area contributed by atoms with Gasteiger partial charge in [0, 0.05) is 0 Å². The van der Waals surface area contributed by atoms with Gasteiger partial charge in [0.1, 0.15) is 0 Å². The van der Waals surface area contributed by atoms with Crippen LogP contribution in [0.4, 0.5) is 0 Å². The number of hydrogen-bond acceptors (Lipinski definition) is 2. The first kappa shape index (κ1) is 37.8. The normalized spacial score (nSPS) is 16.0. The van der Waals surface area contributed by atoms with Gasteiger partial charge in [-0.2, -0.15) is 0 Å². The molecule has 0 aromatic heterocycles. The van der Waals surface area contributed by atoms with E-state index in [9.17, 15) is 0 Å². The summed E-state index contributed by atoms with van der Waals surface area (Å²) in [5.74, 6) is 0. The summed E-state index contributed by atoms with van der Waals surface area (Å²) in [5.41, 5.74) is 7.40. The number of rotatable bonds is 4. The van der Waals surface area contributed by atoms with Gasteiger partial charge in [0.15, 0.2) is 0 Å². The maximum absolute atomic E-state index is 2.67. The molecule has 2 radical (unpaired) electrons. The van der Waals surface area contributed by atoms with Crippen molar-refractivity contribution in [2.75, 3.05) is 13.1 Å². The summed E-state index contributed by atoms with van der Waals surface area (Å²) in [4.78, 5) is 5.34. The van der Waals surface area contributed by atoms with Crippen molar-refractivity contribution in [3.05, 3.63) is 119 Å². The zero-order valence-corrected chi connectivity index (χ0v) is 38.2. The minimum absolute atomic E-state index is 0.275. The monoisotopic (exact) mass is 1030 g/mol. The molecule has 2 nitrogen and oxygen atoms in total. The van der Waals surface area contributed by atoms with Crippen LogP contribution in [0, 0.1) is 21.7 Å². The average molecular weight is 1030 g/mol. The second-order valence-electron chi connectivity index (χ2n) is 17.3. The SMILES string of the molecule is CC(C)(C)C(C)(C)CN1Cc2cccc[c]2[Bi][c]2ccccc2C1.CC(C)(C)C(C)(C)CN1Cc2cccc[c]2[Bi][c]2ccccc2C1. The van der Waals surface area contributed by atoms with Crippen LogP contribution in [0.25, 0.3) is 0 Å². The summed E-state index contributed by atoms with van der Waals surface area (Å²) < 4.78 is 6.62. The van der Waals surface area contributed by atoms with Crippen molar-refractivity contribution in [2.45, 2.75) is 95.4 Å². The standard InChI is InChI=1S/2C22H29N.2Bi/c2*1-21(2,3)22(4,5)18-23(16-19-12-8-6-9-13-19)17-20-14-10-7-11-15-20;;/h2*6-12,14H,16-18H2,1-5H3;;. The molecule has 254 valence electrons. The third kappa shape index (κ3) is 9.46. The van der Waals surface area contributed by atoms with E-state index in [4.69, 9.17) is 0 Å². The third-order valence-corrected chi connectivity index (χ3v) is 21.9. The predicted octanol–water partition coefficient (Wildman–Crippen LogP) is 7.46. The van der Waals surface area contributed by atoms with E-state index in [1.165, 1.54) is 0 Å². The van der Waals surface area contributed by atoms with Crippen LogP contribution in [-0.4, -0.2) is 69.4 Å².